The minimum absolute atomic E-state index is 0.311. The largest absolute Gasteiger partial charge is 0.508 e. The van der Waals surface area contributed by atoms with Gasteiger partial charge in [0, 0.05) is 13.1 Å². The maximum absolute atomic E-state index is 9.14. The van der Waals surface area contributed by atoms with E-state index in [9.17, 15) is 0 Å². The van der Waals surface area contributed by atoms with Gasteiger partial charge in [0.05, 0.1) is 3.79 Å². The van der Waals surface area contributed by atoms with E-state index in [1.165, 1.54) is 11.1 Å². The third kappa shape index (κ3) is 3.33. The molecule has 16 heavy (non-hydrogen) atoms. The molecule has 1 aromatic heterocycles. The predicted molar refractivity (Wildman–Crippen MR) is 70.7 cm³/mol. The highest BCUT2D eigenvalue weighted by Crippen LogP contribution is 2.20. The Bertz CT molecular complexity index is 452. The van der Waals surface area contributed by atoms with E-state index in [0.717, 1.165) is 16.9 Å². The van der Waals surface area contributed by atoms with Gasteiger partial charge >= 0.3 is 0 Å². The number of phenols is 1. The molecule has 0 bridgehead atoms. The van der Waals surface area contributed by atoms with Crippen molar-refractivity contribution in [3.63, 3.8) is 0 Å². The Morgan fingerprint density at radius 1 is 1.12 bits per heavy atom. The van der Waals surface area contributed by atoms with Gasteiger partial charge < -0.3 is 10.4 Å². The summed E-state index contributed by atoms with van der Waals surface area (Å²) in [6, 6.07) is 9.38. The lowest BCUT2D eigenvalue weighted by Gasteiger charge is -2.03. The van der Waals surface area contributed by atoms with Crippen LogP contribution in [0, 0.1) is 0 Å². The molecular weight excluding hydrogens is 286 g/mol. The van der Waals surface area contributed by atoms with Gasteiger partial charge in [-0.05, 0) is 50.6 Å². The molecule has 0 radical (unpaired) electrons. The Morgan fingerprint density at radius 2 is 1.81 bits per heavy atom. The molecule has 0 saturated heterocycles. The van der Waals surface area contributed by atoms with Crippen molar-refractivity contribution in [1.29, 1.82) is 0 Å². The molecule has 0 saturated carbocycles. The summed E-state index contributed by atoms with van der Waals surface area (Å²) in [6.07, 6.45) is 0. The van der Waals surface area contributed by atoms with E-state index in [1.807, 2.05) is 12.1 Å². The van der Waals surface area contributed by atoms with Crippen LogP contribution in [0.1, 0.15) is 11.1 Å². The Hall–Kier alpha value is -0.840. The maximum Gasteiger partial charge on any atom is 0.115 e. The summed E-state index contributed by atoms with van der Waals surface area (Å²) in [7, 11) is 0. The molecule has 0 spiro atoms. The van der Waals surface area contributed by atoms with Crippen LogP contribution in [0.2, 0.25) is 0 Å². The van der Waals surface area contributed by atoms with Crippen LogP contribution < -0.4 is 5.32 Å². The zero-order chi connectivity index (χ0) is 11.4. The zero-order valence-corrected chi connectivity index (χ0v) is 11.0. The van der Waals surface area contributed by atoms with Crippen molar-refractivity contribution < 1.29 is 5.11 Å². The van der Waals surface area contributed by atoms with Gasteiger partial charge in [0.2, 0.25) is 0 Å². The first-order chi connectivity index (χ1) is 7.74. The van der Waals surface area contributed by atoms with Crippen LogP contribution in [0.4, 0.5) is 0 Å². The molecule has 4 heteroatoms. The summed E-state index contributed by atoms with van der Waals surface area (Å²) in [5.74, 6) is 0.311. The van der Waals surface area contributed by atoms with Crippen LogP contribution >= 0.6 is 27.3 Å². The van der Waals surface area contributed by atoms with E-state index in [0.29, 0.717) is 5.75 Å². The lowest BCUT2D eigenvalue weighted by atomic mass is 10.2. The lowest BCUT2D eigenvalue weighted by Crippen LogP contribution is -2.11. The summed E-state index contributed by atoms with van der Waals surface area (Å²) >= 11 is 5.14. The minimum atomic E-state index is 0.311. The summed E-state index contributed by atoms with van der Waals surface area (Å²) in [6.45, 7) is 1.68. The Morgan fingerprint density at radius 3 is 2.44 bits per heavy atom. The molecule has 0 aliphatic rings. The fraction of sp³-hybridized carbons (Fsp3) is 0.167. The van der Waals surface area contributed by atoms with Crippen LogP contribution in [0.5, 0.6) is 5.75 Å². The van der Waals surface area contributed by atoms with Crippen molar-refractivity contribution >= 4 is 27.3 Å². The van der Waals surface area contributed by atoms with Crippen molar-refractivity contribution in [1.82, 2.24) is 5.32 Å². The summed E-state index contributed by atoms with van der Waals surface area (Å²) in [5, 5.41) is 14.6. The molecule has 84 valence electrons. The highest BCUT2D eigenvalue weighted by atomic mass is 79.9. The third-order valence-corrected chi connectivity index (χ3v) is 3.77. The number of thiophene rings is 1. The molecule has 0 fully saturated rings. The number of nitrogens with one attached hydrogen (secondary N) is 1. The van der Waals surface area contributed by atoms with Crippen molar-refractivity contribution in [2.75, 3.05) is 0 Å². The average molecular weight is 298 g/mol. The van der Waals surface area contributed by atoms with E-state index < -0.39 is 0 Å². The topological polar surface area (TPSA) is 32.3 Å². The first-order valence-electron chi connectivity index (χ1n) is 4.95. The highest BCUT2D eigenvalue weighted by molar-refractivity contribution is 9.11. The average Bonchev–Trinajstić information content (AvgIpc) is 2.67. The fourth-order valence-corrected chi connectivity index (χ4v) is 2.61. The van der Waals surface area contributed by atoms with Crippen LogP contribution in [-0.4, -0.2) is 5.11 Å². The quantitative estimate of drug-likeness (QED) is 0.905. The predicted octanol–water partition coefficient (Wildman–Crippen LogP) is 3.51. The normalized spacial score (nSPS) is 10.6. The van der Waals surface area contributed by atoms with E-state index in [1.54, 1.807) is 23.5 Å². The van der Waals surface area contributed by atoms with Gasteiger partial charge in [-0.3, -0.25) is 0 Å². The third-order valence-electron chi connectivity index (χ3n) is 2.22. The van der Waals surface area contributed by atoms with E-state index >= 15 is 0 Å². The van der Waals surface area contributed by atoms with Crippen molar-refractivity contribution in [2.45, 2.75) is 13.1 Å². The van der Waals surface area contributed by atoms with E-state index in [4.69, 9.17) is 5.11 Å². The van der Waals surface area contributed by atoms with E-state index in [-0.39, 0.29) is 0 Å². The van der Waals surface area contributed by atoms with Crippen molar-refractivity contribution in [3.05, 3.63) is 50.6 Å². The van der Waals surface area contributed by atoms with Crippen molar-refractivity contribution in [2.24, 2.45) is 0 Å². The molecule has 1 heterocycles. The van der Waals surface area contributed by atoms with Gasteiger partial charge in [0.15, 0.2) is 0 Å². The first-order valence-corrected chi connectivity index (χ1v) is 6.63. The number of benzene rings is 1. The Balaban J connectivity index is 1.82. The number of phenolic OH excluding ortho intramolecular Hbond substituents is 1. The van der Waals surface area contributed by atoms with Crippen LogP contribution in [-0.2, 0) is 13.1 Å². The lowest BCUT2D eigenvalue weighted by molar-refractivity contribution is 0.475. The SMILES string of the molecule is Oc1ccc(CNCc2csc(Br)c2)cc1. The summed E-state index contributed by atoms with van der Waals surface area (Å²) in [5.41, 5.74) is 2.46. The number of aromatic hydroxyl groups is 1. The molecule has 2 N–H and O–H groups in total. The number of halogens is 1. The molecule has 2 aromatic rings. The molecule has 0 aliphatic heterocycles. The monoisotopic (exact) mass is 297 g/mol. The fourth-order valence-electron chi connectivity index (χ4n) is 1.40. The molecule has 2 rings (SSSR count). The second-order valence-electron chi connectivity index (χ2n) is 3.53. The van der Waals surface area contributed by atoms with Crippen LogP contribution in [0.3, 0.4) is 0 Å². The highest BCUT2D eigenvalue weighted by Gasteiger charge is 1.97. The molecule has 0 amide bonds. The molecule has 0 unspecified atom stereocenters. The first kappa shape index (κ1) is 11.6. The van der Waals surface area contributed by atoms with Gasteiger partial charge in [-0.15, -0.1) is 11.3 Å². The van der Waals surface area contributed by atoms with Gasteiger partial charge in [-0.1, -0.05) is 12.1 Å². The van der Waals surface area contributed by atoms with E-state index in [2.05, 4.69) is 32.7 Å². The van der Waals surface area contributed by atoms with Crippen LogP contribution in [0.25, 0.3) is 0 Å². The zero-order valence-electron chi connectivity index (χ0n) is 8.61. The van der Waals surface area contributed by atoms with Gasteiger partial charge in [-0.25, -0.2) is 0 Å². The second kappa shape index (κ2) is 5.48. The standard InChI is InChI=1S/C12H12BrNOS/c13-12-5-10(8-16-12)7-14-6-9-1-3-11(15)4-2-9/h1-5,8,14-15H,6-7H2. The second-order valence-corrected chi connectivity index (χ2v) is 5.82. The molecular formula is C12H12BrNOS. The smallest absolute Gasteiger partial charge is 0.115 e. The maximum atomic E-state index is 9.14. The minimum Gasteiger partial charge on any atom is -0.508 e. The number of rotatable bonds is 4. The van der Waals surface area contributed by atoms with Gasteiger partial charge in [0.1, 0.15) is 5.75 Å². The number of hydrogen-bond acceptors (Lipinski definition) is 3. The van der Waals surface area contributed by atoms with Gasteiger partial charge in [-0.2, -0.15) is 0 Å². The molecule has 0 atom stereocenters. The molecule has 0 aliphatic carbocycles. The van der Waals surface area contributed by atoms with Crippen molar-refractivity contribution in [3.8, 4) is 5.75 Å². The summed E-state index contributed by atoms with van der Waals surface area (Å²) < 4.78 is 1.16. The molecule has 2 nitrogen and oxygen atoms in total. The Labute approximate surface area is 107 Å². The Kier molecular flexibility index (Phi) is 3.98. The molecule has 1 aromatic carbocycles. The van der Waals surface area contributed by atoms with Gasteiger partial charge in [0.25, 0.3) is 0 Å². The summed E-state index contributed by atoms with van der Waals surface area (Å²) in [4.78, 5) is 0. The van der Waals surface area contributed by atoms with Crippen LogP contribution in [0.15, 0.2) is 39.5 Å². The number of hydrogen-bond donors (Lipinski definition) is 2.